The minimum absolute atomic E-state index is 0.139. The zero-order valence-electron chi connectivity index (χ0n) is 17.0. The molecule has 0 radical (unpaired) electrons. The summed E-state index contributed by atoms with van der Waals surface area (Å²) in [4.78, 5) is 28.1. The Morgan fingerprint density at radius 3 is 2.47 bits per heavy atom. The monoisotopic (exact) mass is 451 g/mol. The first-order chi connectivity index (χ1) is 15.5. The predicted octanol–water partition coefficient (Wildman–Crippen LogP) is 4.76. The van der Waals surface area contributed by atoms with E-state index in [4.69, 9.17) is 13.9 Å². The van der Waals surface area contributed by atoms with Gasteiger partial charge in [-0.15, -0.1) is 0 Å². The highest BCUT2D eigenvalue weighted by molar-refractivity contribution is 8.18. The molecule has 0 unspecified atom stereocenters. The molecule has 0 aliphatic carbocycles. The van der Waals surface area contributed by atoms with E-state index in [-0.39, 0.29) is 11.6 Å². The number of aliphatic imine (C=N–C) groups is 1. The van der Waals surface area contributed by atoms with Crippen molar-refractivity contribution in [3.63, 3.8) is 0 Å². The molecule has 9 nitrogen and oxygen atoms in total. The Bertz CT molecular complexity index is 1250. The fourth-order valence-corrected chi connectivity index (χ4v) is 3.78. The Balaban J connectivity index is 1.56. The summed E-state index contributed by atoms with van der Waals surface area (Å²) < 4.78 is 15.9. The van der Waals surface area contributed by atoms with Gasteiger partial charge in [-0.05, 0) is 60.3 Å². The van der Waals surface area contributed by atoms with E-state index in [1.54, 1.807) is 61.7 Å². The zero-order valence-corrected chi connectivity index (χ0v) is 17.8. The molecule has 0 bridgehead atoms. The lowest BCUT2D eigenvalue weighted by molar-refractivity contribution is -0.384. The van der Waals surface area contributed by atoms with Crippen molar-refractivity contribution in [2.45, 2.75) is 0 Å². The highest BCUT2D eigenvalue weighted by Crippen LogP contribution is 2.35. The summed E-state index contributed by atoms with van der Waals surface area (Å²) in [6.45, 7) is 0. The molecular formula is C22H17N3O6S. The topological polar surface area (TPSA) is 116 Å². The van der Waals surface area contributed by atoms with E-state index >= 15 is 0 Å². The summed E-state index contributed by atoms with van der Waals surface area (Å²) in [5.74, 6) is 1.46. The van der Waals surface area contributed by atoms with Crippen LogP contribution in [0.2, 0.25) is 0 Å². The van der Waals surface area contributed by atoms with Crippen LogP contribution in [0, 0.1) is 10.1 Å². The van der Waals surface area contributed by atoms with E-state index in [0.29, 0.717) is 44.3 Å². The van der Waals surface area contributed by atoms with E-state index in [0.717, 1.165) is 0 Å². The SMILES string of the molecule is COc1ccc(N=C2NC(=O)/C(=C/c3ccc(-c4ccc(OC)cc4[N+](=O)[O-])o3)S2)cc1. The molecule has 0 atom stereocenters. The summed E-state index contributed by atoms with van der Waals surface area (Å²) in [6.07, 6.45) is 1.56. The highest BCUT2D eigenvalue weighted by Gasteiger charge is 2.25. The van der Waals surface area contributed by atoms with Crippen molar-refractivity contribution in [3.05, 3.63) is 75.4 Å². The van der Waals surface area contributed by atoms with Crippen LogP contribution in [0.25, 0.3) is 17.4 Å². The van der Waals surface area contributed by atoms with Crippen molar-refractivity contribution in [1.29, 1.82) is 0 Å². The summed E-state index contributed by atoms with van der Waals surface area (Å²) in [5.41, 5.74) is 0.840. The van der Waals surface area contributed by atoms with Gasteiger partial charge in [-0.2, -0.15) is 0 Å². The lowest BCUT2D eigenvalue weighted by Gasteiger charge is -2.03. The fraction of sp³-hybridized carbons (Fsp3) is 0.0909. The molecule has 32 heavy (non-hydrogen) atoms. The molecule has 4 rings (SSSR count). The Kier molecular flexibility index (Phi) is 5.95. The van der Waals surface area contributed by atoms with Crippen LogP contribution < -0.4 is 14.8 Å². The van der Waals surface area contributed by atoms with Gasteiger partial charge in [0.05, 0.1) is 41.4 Å². The van der Waals surface area contributed by atoms with Crippen LogP contribution >= 0.6 is 11.8 Å². The number of carbonyl (C=O) groups excluding carboxylic acids is 1. The number of amides is 1. The molecule has 1 aliphatic rings. The quantitative estimate of drug-likeness (QED) is 0.326. The number of hydrogen-bond acceptors (Lipinski definition) is 8. The largest absolute Gasteiger partial charge is 0.497 e. The number of furan rings is 1. The van der Waals surface area contributed by atoms with Crippen LogP contribution in [0.15, 0.2) is 68.9 Å². The number of amidine groups is 1. The maximum absolute atomic E-state index is 12.3. The molecule has 2 heterocycles. The Hall–Kier alpha value is -4.05. The molecule has 3 aromatic rings. The molecule has 0 saturated carbocycles. The second kappa shape index (κ2) is 8.98. The van der Waals surface area contributed by atoms with Crippen molar-refractivity contribution in [3.8, 4) is 22.8 Å². The van der Waals surface area contributed by atoms with E-state index in [9.17, 15) is 14.9 Å². The van der Waals surface area contributed by atoms with Gasteiger partial charge in [-0.3, -0.25) is 14.9 Å². The van der Waals surface area contributed by atoms with Gasteiger partial charge in [0.2, 0.25) is 0 Å². The average Bonchev–Trinajstić information content (AvgIpc) is 3.40. The third-order valence-electron chi connectivity index (χ3n) is 4.52. The number of benzene rings is 2. The summed E-state index contributed by atoms with van der Waals surface area (Å²) in [6, 6.07) is 14.9. The molecule has 2 aromatic carbocycles. The van der Waals surface area contributed by atoms with Gasteiger partial charge in [0.1, 0.15) is 23.0 Å². The first-order valence-corrected chi connectivity index (χ1v) is 10.1. The van der Waals surface area contributed by atoms with Crippen LogP contribution in [0.3, 0.4) is 0 Å². The van der Waals surface area contributed by atoms with E-state index in [1.807, 2.05) is 0 Å². The third kappa shape index (κ3) is 4.49. The van der Waals surface area contributed by atoms with Crippen LogP contribution in [0.5, 0.6) is 11.5 Å². The average molecular weight is 451 g/mol. The van der Waals surface area contributed by atoms with Gasteiger partial charge in [0, 0.05) is 6.08 Å². The number of nitrogens with zero attached hydrogens (tertiary/aromatic N) is 2. The second-order valence-electron chi connectivity index (χ2n) is 6.52. The molecule has 10 heteroatoms. The van der Waals surface area contributed by atoms with Crippen LogP contribution in [0.4, 0.5) is 11.4 Å². The number of nitrogens with one attached hydrogen (secondary N) is 1. The third-order valence-corrected chi connectivity index (χ3v) is 5.43. The molecule has 0 spiro atoms. The van der Waals surface area contributed by atoms with Gasteiger partial charge in [0.25, 0.3) is 11.6 Å². The number of nitro benzene ring substituents is 1. The number of hydrogen-bond donors (Lipinski definition) is 1. The van der Waals surface area contributed by atoms with E-state index in [1.165, 1.54) is 24.9 Å². The van der Waals surface area contributed by atoms with E-state index in [2.05, 4.69) is 10.3 Å². The number of rotatable bonds is 6. The molecule has 1 aromatic heterocycles. The number of thioether (sulfide) groups is 1. The van der Waals surface area contributed by atoms with Gasteiger partial charge < -0.3 is 19.2 Å². The summed E-state index contributed by atoms with van der Waals surface area (Å²) in [7, 11) is 3.02. The Morgan fingerprint density at radius 2 is 1.78 bits per heavy atom. The highest BCUT2D eigenvalue weighted by atomic mass is 32.2. The molecule has 1 saturated heterocycles. The van der Waals surface area contributed by atoms with Gasteiger partial charge >= 0.3 is 0 Å². The van der Waals surface area contributed by atoms with E-state index < -0.39 is 4.92 Å². The molecule has 1 amide bonds. The van der Waals surface area contributed by atoms with Crippen molar-refractivity contribution >= 4 is 40.3 Å². The van der Waals surface area contributed by atoms with Gasteiger partial charge in [0.15, 0.2) is 5.17 Å². The molecule has 1 aliphatic heterocycles. The maximum Gasteiger partial charge on any atom is 0.284 e. The number of ether oxygens (including phenoxy) is 2. The lowest BCUT2D eigenvalue weighted by Crippen LogP contribution is -2.19. The predicted molar refractivity (Wildman–Crippen MR) is 121 cm³/mol. The normalized spacial score (nSPS) is 15.8. The van der Waals surface area contributed by atoms with Crippen molar-refractivity contribution in [2.24, 2.45) is 4.99 Å². The van der Waals surface area contributed by atoms with Crippen molar-refractivity contribution in [1.82, 2.24) is 5.32 Å². The van der Waals surface area contributed by atoms with Gasteiger partial charge in [-0.25, -0.2) is 4.99 Å². The number of nitro groups is 1. The molecular weight excluding hydrogens is 434 g/mol. The molecule has 162 valence electrons. The Labute approximate surface area is 186 Å². The first kappa shape index (κ1) is 21.2. The van der Waals surface area contributed by atoms with Crippen LogP contribution in [0.1, 0.15) is 5.76 Å². The zero-order chi connectivity index (χ0) is 22.7. The van der Waals surface area contributed by atoms with Gasteiger partial charge in [-0.1, -0.05) is 0 Å². The fourth-order valence-electron chi connectivity index (χ4n) is 2.96. The number of methoxy groups -OCH3 is 2. The number of carbonyl (C=O) groups is 1. The summed E-state index contributed by atoms with van der Waals surface area (Å²) >= 11 is 1.17. The molecule has 1 N–H and O–H groups in total. The summed E-state index contributed by atoms with van der Waals surface area (Å²) in [5, 5.41) is 14.6. The minimum Gasteiger partial charge on any atom is -0.497 e. The van der Waals surface area contributed by atoms with Crippen molar-refractivity contribution < 1.29 is 23.6 Å². The smallest absolute Gasteiger partial charge is 0.284 e. The standard InChI is InChI=1S/C22H17N3O6S/c1-29-14-5-3-13(4-6-14)23-22-24-21(26)20(32-22)12-16-8-10-19(31-16)17-9-7-15(30-2)11-18(17)25(27)28/h3-12H,1-2H3,(H,23,24,26)/b20-12-. The van der Waals surface area contributed by atoms with Crippen molar-refractivity contribution in [2.75, 3.05) is 14.2 Å². The Morgan fingerprint density at radius 1 is 1.06 bits per heavy atom. The van der Waals surface area contributed by atoms with Crippen LogP contribution in [-0.4, -0.2) is 30.2 Å². The van der Waals surface area contributed by atoms with Crippen LogP contribution in [-0.2, 0) is 4.79 Å². The molecule has 1 fully saturated rings. The minimum atomic E-state index is -0.499. The lowest BCUT2D eigenvalue weighted by atomic mass is 10.1. The maximum atomic E-state index is 12.3. The second-order valence-corrected chi connectivity index (χ2v) is 7.55. The first-order valence-electron chi connectivity index (χ1n) is 9.33.